The van der Waals surface area contributed by atoms with Gasteiger partial charge in [-0.15, -0.1) is 0 Å². The number of unbranched alkanes of at least 4 members (excludes halogenated alkanes) is 5. The third-order valence-corrected chi connectivity index (χ3v) is 1.64. The largest absolute Gasteiger partial charge is 0.0885 e. The van der Waals surface area contributed by atoms with E-state index in [2.05, 4.69) is 19.9 Å². The molecule has 0 bridgehead atoms. The number of hydrogen-bond acceptors (Lipinski definition) is 0. The van der Waals surface area contributed by atoms with Crippen LogP contribution in [0.4, 0.5) is 0 Å². The third-order valence-electron chi connectivity index (χ3n) is 1.64. The molecular weight excluding hydrogens is 120 g/mol. The van der Waals surface area contributed by atoms with E-state index in [1.165, 1.54) is 38.5 Å². The van der Waals surface area contributed by atoms with Gasteiger partial charge in [-0.25, -0.2) is 0 Å². The van der Waals surface area contributed by atoms with Crippen molar-refractivity contribution in [2.24, 2.45) is 0 Å². The van der Waals surface area contributed by atoms with Crippen molar-refractivity contribution in [2.75, 3.05) is 0 Å². The zero-order valence-electron chi connectivity index (χ0n) is 7.10. The van der Waals surface area contributed by atoms with Gasteiger partial charge in [0.25, 0.3) is 0 Å². The lowest BCUT2D eigenvalue weighted by Crippen LogP contribution is -1.75. The fourth-order valence-corrected chi connectivity index (χ4v) is 0.984. The zero-order chi connectivity index (χ0) is 7.66. The van der Waals surface area contributed by atoms with Crippen LogP contribution in [0.2, 0.25) is 0 Å². The Morgan fingerprint density at radius 2 is 1.80 bits per heavy atom. The summed E-state index contributed by atoms with van der Waals surface area (Å²) in [5.41, 5.74) is 0. The van der Waals surface area contributed by atoms with Gasteiger partial charge in [-0.3, -0.25) is 0 Å². The summed E-state index contributed by atoms with van der Waals surface area (Å²) < 4.78 is 0. The molecule has 0 aliphatic rings. The Morgan fingerprint density at radius 3 is 2.40 bits per heavy atom. The van der Waals surface area contributed by atoms with Crippen molar-refractivity contribution >= 4 is 0 Å². The molecule has 0 rings (SSSR count). The van der Waals surface area contributed by atoms with Gasteiger partial charge >= 0.3 is 0 Å². The van der Waals surface area contributed by atoms with E-state index < -0.39 is 0 Å². The van der Waals surface area contributed by atoms with E-state index in [-0.39, 0.29) is 0 Å². The second-order valence-corrected chi connectivity index (χ2v) is 2.67. The molecule has 0 N–H and O–H groups in total. The van der Waals surface area contributed by atoms with E-state index in [1.54, 1.807) is 0 Å². The second-order valence-electron chi connectivity index (χ2n) is 2.67. The summed E-state index contributed by atoms with van der Waals surface area (Å²) in [4.78, 5) is 0. The standard InChI is InChI=1S/C10H19/c1-3-5-7-9-10-8-6-4-2/h3,5H,1,4,6-10H2,2H3/b5-3+. The van der Waals surface area contributed by atoms with Crippen LogP contribution in [-0.2, 0) is 0 Å². The highest BCUT2D eigenvalue weighted by Crippen LogP contribution is 2.04. The van der Waals surface area contributed by atoms with Crippen LogP contribution in [0.5, 0.6) is 0 Å². The number of rotatable bonds is 6. The van der Waals surface area contributed by atoms with Gasteiger partial charge < -0.3 is 0 Å². The third kappa shape index (κ3) is 7.74. The molecule has 0 heterocycles. The summed E-state index contributed by atoms with van der Waals surface area (Å²) >= 11 is 0. The van der Waals surface area contributed by atoms with Crippen LogP contribution < -0.4 is 0 Å². The summed E-state index contributed by atoms with van der Waals surface area (Å²) in [5.74, 6) is 0. The van der Waals surface area contributed by atoms with E-state index in [9.17, 15) is 0 Å². The Bertz CT molecular complexity index is 72.1. The Labute approximate surface area is 65.3 Å². The zero-order valence-corrected chi connectivity index (χ0v) is 7.10. The molecule has 0 aromatic rings. The summed E-state index contributed by atoms with van der Waals surface area (Å²) in [6.45, 7) is 5.88. The van der Waals surface area contributed by atoms with Gasteiger partial charge in [-0.2, -0.15) is 0 Å². The van der Waals surface area contributed by atoms with Crippen molar-refractivity contribution in [3.05, 3.63) is 19.1 Å². The van der Waals surface area contributed by atoms with Crippen molar-refractivity contribution in [1.82, 2.24) is 0 Å². The smallest absolute Gasteiger partial charge is 0.0316 e. The molecule has 0 saturated carbocycles. The maximum absolute atomic E-state index is 3.64. The number of allylic oxidation sites excluding steroid dienone is 2. The van der Waals surface area contributed by atoms with Crippen LogP contribution in [-0.4, -0.2) is 0 Å². The van der Waals surface area contributed by atoms with E-state index >= 15 is 0 Å². The minimum absolute atomic E-state index is 1.22. The van der Waals surface area contributed by atoms with Crippen LogP contribution in [0.3, 0.4) is 0 Å². The van der Waals surface area contributed by atoms with Gasteiger partial charge in [0.2, 0.25) is 0 Å². The molecule has 0 aromatic heterocycles. The summed E-state index contributed by atoms with van der Waals surface area (Å²) in [7, 11) is 0. The molecule has 0 amide bonds. The van der Waals surface area contributed by atoms with Gasteiger partial charge in [0.05, 0.1) is 0 Å². The first-order valence-electron chi connectivity index (χ1n) is 4.36. The summed E-state index contributed by atoms with van der Waals surface area (Å²) in [6.07, 6.45) is 12.1. The van der Waals surface area contributed by atoms with Crippen molar-refractivity contribution < 1.29 is 0 Å². The van der Waals surface area contributed by atoms with Crippen LogP contribution in [0, 0.1) is 6.92 Å². The molecule has 0 spiro atoms. The average Bonchev–Trinajstić information content (AvgIpc) is 1.97. The molecule has 59 valence electrons. The Morgan fingerprint density at radius 1 is 1.10 bits per heavy atom. The minimum Gasteiger partial charge on any atom is -0.0885 e. The first-order valence-corrected chi connectivity index (χ1v) is 4.36. The van der Waals surface area contributed by atoms with Gasteiger partial charge in [-0.05, 0) is 19.8 Å². The predicted molar refractivity (Wildman–Crippen MR) is 47.9 cm³/mol. The molecule has 0 aromatic carbocycles. The lowest BCUT2D eigenvalue weighted by atomic mass is 10.1. The topological polar surface area (TPSA) is 0 Å². The molecule has 0 aliphatic carbocycles. The van der Waals surface area contributed by atoms with Crippen LogP contribution in [0.25, 0.3) is 0 Å². The SMILES string of the molecule is [CH2]/C=C/CCCCCCC. The van der Waals surface area contributed by atoms with E-state index in [0.29, 0.717) is 0 Å². The van der Waals surface area contributed by atoms with E-state index in [1.807, 2.05) is 6.08 Å². The van der Waals surface area contributed by atoms with Crippen LogP contribution in [0.1, 0.15) is 45.4 Å². The minimum atomic E-state index is 1.22. The molecular formula is C10H19. The lowest BCUT2D eigenvalue weighted by Gasteiger charge is -1.94. The fraction of sp³-hybridized carbons (Fsp3) is 0.700. The van der Waals surface area contributed by atoms with E-state index in [0.717, 1.165) is 0 Å². The first-order chi connectivity index (χ1) is 4.91. The van der Waals surface area contributed by atoms with Crippen molar-refractivity contribution in [1.29, 1.82) is 0 Å². The predicted octanol–water partition coefficient (Wildman–Crippen LogP) is 3.74. The van der Waals surface area contributed by atoms with Crippen LogP contribution in [0.15, 0.2) is 12.2 Å². The normalized spacial score (nSPS) is 11.0. The average molecular weight is 139 g/mol. The van der Waals surface area contributed by atoms with Crippen molar-refractivity contribution in [3.63, 3.8) is 0 Å². The second kappa shape index (κ2) is 8.74. The summed E-state index contributed by atoms with van der Waals surface area (Å²) in [5, 5.41) is 0. The van der Waals surface area contributed by atoms with Gasteiger partial charge in [0, 0.05) is 0 Å². The highest BCUT2D eigenvalue weighted by Gasteiger charge is 1.84. The Balaban J connectivity index is 2.77. The number of hydrogen-bond donors (Lipinski definition) is 0. The molecule has 0 saturated heterocycles. The molecule has 1 radical (unpaired) electrons. The molecule has 0 heteroatoms. The quantitative estimate of drug-likeness (QED) is 0.492. The molecule has 0 unspecified atom stereocenters. The highest BCUT2D eigenvalue weighted by atomic mass is 13.9. The highest BCUT2D eigenvalue weighted by molar-refractivity contribution is 4.83. The van der Waals surface area contributed by atoms with Gasteiger partial charge in [-0.1, -0.05) is 44.8 Å². The van der Waals surface area contributed by atoms with E-state index in [4.69, 9.17) is 0 Å². The maximum Gasteiger partial charge on any atom is -0.0316 e. The van der Waals surface area contributed by atoms with Crippen LogP contribution >= 0.6 is 0 Å². The Hall–Kier alpha value is -0.260. The maximum atomic E-state index is 3.64. The first kappa shape index (κ1) is 9.74. The molecule has 0 aliphatic heterocycles. The van der Waals surface area contributed by atoms with Crippen molar-refractivity contribution in [3.8, 4) is 0 Å². The molecule has 0 atom stereocenters. The molecule has 10 heavy (non-hydrogen) atoms. The molecule has 0 nitrogen and oxygen atoms in total. The fourth-order valence-electron chi connectivity index (χ4n) is 0.984. The van der Waals surface area contributed by atoms with Crippen molar-refractivity contribution in [2.45, 2.75) is 45.4 Å². The molecule has 0 fully saturated rings. The summed E-state index contributed by atoms with van der Waals surface area (Å²) in [6, 6.07) is 0. The van der Waals surface area contributed by atoms with Gasteiger partial charge in [0.15, 0.2) is 0 Å². The lowest BCUT2D eigenvalue weighted by molar-refractivity contribution is 0.637. The Kier molecular flexibility index (Phi) is 8.51. The van der Waals surface area contributed by atoms with Gasteiger partial charge in [0.1, 0.15) is 0 Å². The monoisotopic (exact) mass is 139 g/mol.